The van der Waals surface area contributed by atoms with Crippen molar-refractivity contribution in [3.63, 3.8) is 0 Å². The summed E-state index contributed by atoms with van der Waals surface area (Å²) < 4.78 is 41.3. The first kappa shape index (κ1) is 25.7. The maximum atomic E-state index is 15.0. The van der Waals surface area contributed by atoms with Gasteiger partial charge in [0.1, 0.15) is 29.6 Å². The van der Waals surface area contributed by atoms with E-state index in [1.807, 2.05) is 11.8 Å². The number of hydrogen-bond donors (Lipinski definition) is 2. The SMILES string of the molecule is CCc1c(F)ccc2cc(O)cc(N3Cc4nc(OCC5(F)CCNC5)nc(N5CCCOCC5)c4C3=O)c12. The van der Waals surface area contributed by atoms with E-state index >= 15 is 4.39 Å². The van der Waals surface area contributed by atoms with Crippen LogP contribution >= 0.6 is 0 Å². The van der Waals surface area contributed by atoms with Gasteiger partial charge >= 0.3 is 6.01 Å². The van der Waals surface area contributed by atoms with Gasteiger partial charge in [-0.1, -0.05) is 13.0 Å². The van der Waals surface area contributed by atoms with E-state index in [1.54, 1.807) is 12.1 Å². The first-order valence-electron chi connectivity index (χ1n) is 13.4. The summed E-state index contributed by atoms with van der Waals surface area (Å²) in [5.74, 6) is -0.342. The van der Waals surface area contributed by atoms with Crippen molar-refractivity contribution in [3.05, 3.63) is 46.9 Å². The molecule has 2 saturated heterocycles. The van der Waals surface area contributed by atoms with E-state index in [-0.39, 0.29) is 43.2 Å². The molecule has 1 amide bonds. The van der Waals surface area contributed by atoms with Crippen molar-refractivity contribution < 1.29 is 28.2 Å². The van der Waals surface area contributed by atoms with E-state index in [4.69, 9.17) is 9.47 Å². The van der Waals surface area contributed by atoms with E-state index in [0.29, 0.717) is 84.8 Å². The van der Waals surface area contributed by atoms with Gasteiger partial charge in [0.2, 0.25) is 0 Å². The number of phenolic OH excluding ortho intramolecular Hbond substituents is 1. The van der Waals surface area contributed by atoms with Gasteiger partial charge in [-0.2, -0.15) is 9.97 Å². The molecule has 3 aliphatic heterocycles. The van der Waals surface area contributed by atoms with Crippen molar-refractivity contribution in [2.24, 2.45) is 0 Å². The number of carbonyl (C=O) groups is 1. The third-order valence-corrected chi connectivity index (χ3v) is 7.66. The van der Waals surface area contributed by atoms with Crippen LogP contribution < -0.4 is 19.9 Å². The minimum Gasteiger partial charge on any atom is -0.508 e. The van der Waals surface area contributed by atoms with Crippen LogP contribution in [-0.2, 0) is 17.7 Å². The topological polar surface area (TPSA) is 100 Å². The molecule has 3 aliphatic rings. The molecule has 1 unspecified atom stereocenters. The van der Waals surface area contributed by atoms with Crippen LogP contribution in [0.5, 0.6) is 11.8 Å². The van der Waals surface area contributed by atoms with Gasteiger partial charge in [0.15, 0.2) is 5.67 Å². The Morgan fingerprint density at radius 2 is 2.10 bits per heavy atom. The molecule has 9 nitrogen and oxygen atoms in total. The lowest BCUT2D eigenvalue weighted by atomic mass is 9.99. The number of amides is 1. The summed E-state index contributed by atoms with van der Waals surface area (Å²) in [6.45, 7) is 4.71. The van der Waals surface area contributed by atoms with Crippen LogP contribution in [0, 0.1) is 5.82 Å². The van der Waals surface area contributed by atoms with Gasteiger partial charge < -0.3 is 29.7 Å². The summed E-state index contributed by atoms with van der Waals surface area (Å²) in [7, 11) is 0. The molecule has 0 radical (unpaired) electrons. The third-order valence-electron chi connectivity index (χ3n) is 7.66. The van der Waals surface area contributed by atoms with Gasteiger partial charge in [-0.25, -0.2) is 8.78 Å². The lowest BCUT2D eigenvalue weighted by Crippen LogP contribution is -2.34. The average molecular weight is 540 g/mol. The number of nitrogens with one attached hydrogen (secondary N) is 1. The fraction of sp³-hybridized carbons (Fsp3) is 0.464. The lowest BCUT2D eigenvalue weighted by molar-refractivity contribution is 0.0967. The van der Waals surface area contributed by atoms with E-state index in [9.17, 15) is 14.3 Å². The van der Waals surface area contributed by atoms with Crippen LogP contribution in [0.4, 0.5) is 20.3 Å². The molecule has 1 atom stereocenters. The molecule has 2 aromatic carbocycles. The number of alkyl halides is 1. The number of benzene rings is 2. The lowest BCUT2D eigenvalue weighted by Gasteiger charge is -2.24. The molecule has 6 rings (SSSR count). The van der Waals surface area contributed by atoms with E-state index in [0.717, 1.165) is 6.42 Å². The molecule has 0 saturated carbocycles. The van der Waals surface area contributed by atoms with Crippen molar-refractivity contribution in [3.8, 4) is 11.8 Å². The van der Waals surface area contributed by atoms with Gasteiger partial charge in [-0.3, -0.25) is 4.79 Å². The third kappa shape index (κ3) is 4.74. The number of nitrogens with zero attached hydrogens (tertiary/aromatic N) is 4. The van der Waals surface area contributed by atoms with Crippen LogP contribution in [0.3, 0.4) is 0 Å². The fourth-order valence-corrected chi connectivity index (χ4v) is 5.67. The van der Waals surface area contributed by atoms with Gasteiger partial charge in [-0.15, -0.1) is 0 Å². The maximum absolute atomic E-state index is 15.0. The number of halogens is 2. The molecule has 0 bridgehead atoms. The van der Waals surface area contributed by atoms with Crippen molar-refractivity contribution >= 4 is 28.2 Å². The number of fused-ring (bicyclic) bond motifs is 2. The maximum Gasteiger partial charge on any atom is 0.318 e. The number of anilines is 2. The highest BCUT2D eigenvalue weighted by atomic mass is 19.1. The second-order valence-corrected chi connectivity index (χ2v) is 10.3. The summed E-state index contributed by atoms with van der Waals surface area (Å²) in [5, 5.41) is 14.7. The second-order valence-electron chi connectivity index (χ2n) is 10.3. The van der Waals surface area contributed by atoms with Gasteiger partial charge in [0.25, 0.3) is 5.91 Å². The molecule has 11 heteroatoms. The molecular weight excluding hydrogens is 508 g/mol. The smallest absolute Gasteiger partial charge is 0.318 e. The Balaban J connectivity index is 1.43. The Morgan fingerprint density at radius 1 is 1.23 bits per heavy atom. The van der Waals surface area contributed by atoms with Crippen molar-refractivity contribution in [1.29, 1.82) is 0 Å². The number of hydrogen-bond acceptors (Lipinski definition) is 8. The van der Waals surface area contributed by atoms with Crippen LogP contribution in [-0.4, -0.2) is 72.7 Å². The Hall–Kier alpha value is -3.57. The molecule has 3 aromatic rings. The zero-order chi connectivity index (χ0) is 27.1. The summed E-state index contributed by atoms with van der Waals surface area (Å²) in [4.78, 5) is 26.6. The number of aryl methyl sites for hydroxylation is 1. The second kappa shape index (κ2) is 10.2. The number of phenols is 1. The Kier molecular flexibility index (Phi) is 6.72. The van der Waals surface area contributed by atoms with Crippen LogP contribution in [0.1, 0.15) is 41.4 Å². The summed E-state index contributed by atoms with van der Waals surface area (Å²) >= 11 is 0. The number of ether oxygens (including phenoxy) is 2. The van der Waals surface area contributed by atoms with Crippen LogP contribution in [0.15, 0.2) is 24.3 Å². The predicted molar refractivity (Wildman–Crippen MR) is 142 cm³/mol. The van der Waals surface area contributed by atoms with Crippen molar-refractivity contribution in [1.82, 2.24) is 15.3 Å². The first-order chi connectivity index (χ1) is 18.9. The van der Waals surface area contributed by atoms with E-state index < -0.39 is 5.67 Å². The summed E-state index contributed by atoms with van der Waals surface area (Å²) in [5.41, 5.74) is 0.115. The van der Waals surface area contributed by atoms with Crippen molar-refractivity contribution in [2.45, 2.75) is 38.4 Å². The van der Waals surface area contributed by atoms with Crippen LogP contribution in [0.2, 0.25) is 0 Å². The minimum absolute atomic E-state index is 0.00792. The quantitative estimate of drug-likeness (QED) is 0.491. The highest BCUT2D eigenvalue weighted by Crippen LogP contribution is 2.41. The summed E-state index contributed by atoms with van der Waals surface area (Å²) in [6, 6.07) is 6.02. The number of carbonyl (C=O) groups excluding carboxylic acids is 1. The molecule has 1 aromatic heterocycles. The number of aromatic nitrogens is 2. The van der Waals surface area contributed by atoms with E-state index in [1.165, 1.54) is 17.0 Å². The Bertz CT molecular complexity index is 1420. The highest BCUT2D eigenvalue weighted by Gasteiger charge is 2.39. The molecule has 4 heterocycles. The van der Waals surface area contributed by atoms with Gasteiger partial charge in [0, 0.05) is 37.7 Å². The Morgan fingerprint density at radius 3 is 2.90 bits per heavy atom. The molecular formula is C28H31F2N5O4. The standard InChI is InChI=1S/C28H31F2N5O4/c1-2-19-20(29)5-4-17-12-18(36)13-22(23(17)19)35-14-21-24(26(35)37)25(34-8-3-10-38-11-9-34)33-27(32-21)39-16-28(30)6-7-31-15-28/h4-5,12-13,31,36H,2-3,6-11,14-16H2,1H3. The number of aromatic hydroxyl groups is 1. The minimum atomic E-state index is -1.51. The Labute approximate surface area is 224 Å². The number of rotatable bonds is 6. The van der Waals surface area contributed by atoms with Crippen LogP contribution in [0.25, 0.3) is 10.8 Å². The fourth-order valence-electron chi connectivity index (χ4n) is 5.67. The van der Waals surface area contributed by atoms with E-state index in [2.05, 4.69) is 15.3 Å². The predicted octanol–water partition coefficient (Wildman–Crippen LogP) is 3.50. The molecule has 39 heavy (non-hydrogen) atoms. The molecule has 2 fully saturated rings. The zero-order valence-corrected chi connectivity index (χ0v) is 21.8. The molecule has 2 N–H and O–H groups in total. The highest BCUT2D eigenvalue weighted by molar-refractivity contribution is 6.16. The summed E-state index contributed by atoms with van der Waals surface area (Å²) in [6.07, 6.45) is 1.50. The monoisotopic (exact) mass is 539 g/mol. The average Bonchev–Trinajstić information content (AvgIpc) is 3.38. The van der Waals surface area contributed by atoms with Crippen molar-refractivity contribution in [2.75, 3.05) is 55.8 Å². The van der Waals surface area contributed by atoms with Gasteiger partial charge in [0.05, 0.1) is 24.5 Å². The van der Waals surface area contributed by atoms with Gasteiger partial charge in [-0.05, 0) is 48.9 Å². The first-order valence-corrected chi connectivity index (χ1v) is 13.4. The largest absolute Gasteiger partial charge is 0.508 e. The molecule has 0 spiro atoms. The molecule has 206 valence electrons. The zero-order valence-electron chi connectivity index (χ0n) is 21.8. The molecule has 0 aliphatic carbocycles. The normalized spacial score (nSPS) is 21.5.